The van der Waals surface area contributed by atoms with Crippen LogP contribution >= 0.6 is 0 Å². The molecule has 4 aromatic rings. The van der Waals surface area contributed by atoms with Gasteiger partial charge in [0.1, 0.15) is 0 Å². The smallest absolute Gasteiger partial charge is 0.0809 e. The fraction of sp³-hybridized carbons (Fsp3) is 0.100. The van der Waals surface area contributed by atoms with Crippen LogP contribution in [-0.4, -0.2) is 6.94 Å². The van der Waals surface area contributed by atoms with Crippen molar-refractivity contribution < 1.29 is 23.0 Å². The van der Waals surface area contributed by atoms with Crippen LogP contribution in [0.4, 0.5) is 0 Å². The molecule has 0 unspecified atom stereocenters. The zero-order valence-corrected chi connectivity index (χ0v) is 18.1. The molecular weight excluding hydrogens is 447 g/mol. The van der Waals surface area contributed by atoms with Crippen molar-refractivity contribution >= 4 is 28.5 Å². The zero-order valence-electron chi connectivity index (χ0n) is 13.1. The Hall–Kier alpha value is -1.25. The van der Waals surface area contributed by atoms with Crippen molar-refractivity contribution in [2.75, 3.05) is 0 Å². The number of fused-ring (bicyclic) bond motifs is 2. The fourth-order valence-electron chi connectivity index (χ4n) is 2.59. The summed E-state index contributed by atoms with van der Waals surface area (Å²) in [6, 6.07) is 25.4. The number of aryl methyl sites for hydroxylation is 2. The third kappa shape index (κ3) is 3.93. The van der Waals surface area contributed by atoms with E-state index in [2.05, 4.69) is 86.6 Å². The molecule has 0 fully saturated rings. The first-order valence-corrected chi connectivity index (χ1v) is 15.7. The largest absolute Gasteiger partial charge is 0.168 e. The summed E-state index contributed by atoms with van der Waals surface area (Å²) >= 11 is 1.33. The van der Waals surface area contributed by atoms with E-state index in [0.29, 0.717) is 0 Å². The molecule has 0 nitrogen and oxygen atoms in total. The van der Waals surface area contributed by atoms with E-state index in [1.807, 2.05) is 6.94 Å². The van der Waals surface area contributed by atoms with E-state index < -0.39 is 0 Å². The van der Waals surface area contributed by atoms with Gasteiger partial charge in [0.05, 0.1) is 0 Å². The second kappa shape index (κ2) is 8.40. The average molecular weight is 467 g/mol. The molecule has 0 N–H and O–H groups in total. The van der Waals surface area contributed by atoms with Crippen LogP contribution in [0.5, 0.6) is 0 Å². The molecule has 0 saturated carbocycles. The zero-order chi connectivity index (χ0) is 15.9. The summed E-state index contributed by atoms with van der Waals surface area (Å²) in [7, 11) is 0. The van der Waals surface area contributed by atoms with Crippen LogP contribution in [0.25, 0.3) is 21.5 Å². The molecule has 2 heteroatoms. The summed E-state index contributed by atoms with van der Waals surface area (Å²) in [6.45, 7) is 6.34. The summed E-state index contributed by atoms with van der Waals surface area (Å²) in [5.74, 6) is 0. The minimum Gasteiger partial charge on any atom is -0.168 e. The van der Waals surface area contributed by atoms with Gasteiger partial charge in [0.25, 0.3) is 0 Å². The van der Waals surface area contributed by atoms with Crippen molar-refractivity contribution in [1.29, 1.82) is 0 Å². The van der Waals surface area contributed by atoms with Crippen molar-refractivity contribution in [3.05, 3.63) is 83.9 Å². The number of rotatable bonds is 0. The molecule has 4 rings (SSSR count). The maximum Gasteiger partial charge on any atom is -0.0809 e. The summed E-state index contributed by atoms with van der Waals surface area (Å²) in [4.78, 5) is 0. The van der Waals surface area contributed by atoms with E-state index in [0.717, 1.165) is 0 Å². The van der Waals surface area contributed by atoms with Crippen LogP contribution in [0, 0.1) is 13.8 Å². The minimum absolute atomic E-state index is 1.33. The van der Waals surface area contributed by atoms with Crippen molar-refractivity contribution in [1.82, 2.24) is 0 Å². The molecular formula is C20H20HfSi. The van der Waals surface area contributed by atoms with Crippen molar-refractivity contribution in [3.8, 4) is 0 Å². The van der Waals surface area contributed by atoms with Gasteiger partial charge in [-0.2, -0.15) is 23.1 Å². The van der Waals surface area contributed by atoms with Gasteiger partial charge in [-0.25, -0.2) is 0 Å². The van der Waals surface area contributed by atoms with Gasteiger partial charge in [-0.05, 0) is 0 Å². The first kappa shape index (κ1) is 17.1. The second-order valence-corrected chi connectivity index (χ2v) is 5.19. The van der Waals surface area contributed by atoms with Gasteiger partial charge >= 0.3 is 29.9 Å². The van der Waals surface area contributed by atoms with Crippen molar-refractivity contribution in [3.63, 3.8) is 0 Å². The van der Waals surface area contributed by atoms with E-state index in [-0.39, 0.29) is 0 Å². The average Bonchev–Trinajstić information content (AvgIpc) is 3.16. The van der Waals surface area contributed by atoms with E-state index in [1.165, 1.54) is 55.7 Å². The maximum atomic E-state index is 2.24. The second-order valence-electron chi connectivity index (χ2n) is 5.19. The molecule has 0 aliphatic heterocycles. The van der Waals surface area contributed by atoms with Crippen molar-refractivity contribution in [2.24, 2.45) is 0 Å². The number of hydrogen-bond donors (Lipinski definition) is 0. The summed E-state index contributed by atoms with van der Waals surface area (Å²) in [5, 5.41) is 5.42. The molecule has 0 heterocycles. The van der Waals surface area contributed by atoms with E-state index in [9.17, 15) is 0 Å². The number of benzene rings is 2. The Bertz CT molecular complexity index is 824. The Kier molecular flexibility index (Phi) is 6.53. The summed E-state index contributed by atoms with van der Waals surface area (Å²) in [6.07, 6.45) is 0. The predicted molar refractivity (Wildman–Crippen MR) is 97.1 cm³/mol. The Morgan fingerprint density at radius 2 is 1.45 bits per heavy atom. The molecule has 0 radical (unpaired) electrons. The SMILES string of the molecule is Cc1[cH-]c2ccccc2c1C.[SiH2]=[Hf+2].c1ccc2[cH-]ccc2c1. The van der Waals surface area contributed by atoms with Gasteiger partial charge in [0, 0.05) is 0 Å². The van der Waals surface area contributed by atoms with Gasteiger partial charge in [-0.1, -0.05) is 26.0 Å². The molecule has 0 aliphatic rings. The van der Waals surface area contributed by atoms with Crippen LogP contribution in [0.3, 0.4) is 0 Å². The topological polar surface area (TPSA) is 0 Å². The Morgan fingerprint density at radius 3 is 2.14 bits per heavy atom. The third-order valence-corrected chi connectivity index (χ3v) is 3.88. The Balaban J connectivity index is 0.000000146. The Labute approximate surface area is 148 Å². The minimum atomic E-state index is 1.33. The van der Waals surface area contributed by atoms with Gasteiger partial charge in [0.15, 0.2) is 0 Å². The van der Waals surface area contributed by atoms with Crippen LogP contribution in [-0.2, 0) is 23.0 Å². The molecule has 0 aromatic heterocycles. The molecule has 0 spiro atoms. The van der Waals surface area contributed by atoms with E-state index >= 15 is 0 Å². The summed E-state index contributed by atoms with van der Waals surface area (Å²) in [5.41, 5.74) is 2.81. The van der Waals surface area contributed by atoms with Gasteiger partial charge < -0.3 is 0 Å². The quantitative estimate of drug-likeness (QED) is 0.257. The standard InChI is InChI=1S/C11H11.C9H7.Hf.H2Si/c1-8-7-10-5-3-4-6-11(10)9(8)2;1-2-5-9-7-3-6-8(9)4-1;;/h3-7H,1-2H3;1-7H;;1H2/q2*-1;+2;. The normalized spacial score (nSPS) is 9.82. The molecule has 0 amide bonds. The predicted octanol–water partition coefficient (Wildman–Crippen LogP) is 4.82. The van der Waals surface area contributed by atoms with Crippen LogP contribution in [0.2, 0.25) is 0 Å². The monoisotopic (exact) mass is 468 g/mol. The molecule has 0 atom stereocenters. The molecule has 0 saturated heterocycles. The third-order valence-electron chi connectivity index (χ3n) is 3.88. The molecule has 0 bridgehead atoms. The molecule has 22 heavy (non-hydrogen) atoms. The first-order chi connectivity index (χ1) is 10.8. The molecule has 108 valence electrons. The van der Waals surface area contributed by atoms with Gasteiger partial charge in [-0.15, -0.1) is 70.3 Å². The maximum absolute atomic E-state index is 2.24. The summed E-state index contributed by atoms with van der Waals surface area (Å²) < 4.78 is 0. The first-order valence-electron chi connectivity index (χ1n) is 7.33. The van der Waals surface area contributed by atoms with E-state index in [1.54, 1.807) is 0 Å². The Morgan fingerprint density at radius 1 is 0.818 bits per heavy atom. The van der Waals surface area contributed by atoms with Crippen LogP contribution in [0.15, 0.2) is 72.8 Å². The van der Waals surface area contributed by atoms with E-state index in [4.69, 9.17) is 0 Å². The van der Waals surface area contributed by atoms with Gasteiger partial charge in [0.2, 0.25) is 0 Å². The molecule has 4 aromatic carbocycles. The van der Waals surface area contributed by atoms with Crippen molar-refractivity contribution in [2.45, 2.75) is 13.8 Å². The van der Waals surface area contributed by atoms with Crippen LogP contribution in [0.1, 0.15) is 11.1 Å². The fourth-order valence-corrected chi connectivity index (χ4v) is 2.59. The molecule has 0 aliphatic carbocycles. The number of hydrogen-bond acceptors (Lipinski definition) is 0. The van der Waals surface area contributed by atoms with Gasteiger partial charge in [-0.3, -0.25) is 0 Å². The van der Waals surface area contributed by atoms with Crippen LogP contribution < -0.4 is 0 Å².